The van der Waals surface area contributed by atoms with Gasteiger partial charge in [-0.05, 0) is 82.1 Å². The van der Waals surface area contributed by atoms with E-state index in [-0.39, 0.29) is 29.1 Å². The lowest BCUT2D eigenvalue weighted by Gasteiger charge is -2.32. The molecular formula is C31H38ClN3O5S. The van der Waals surface area contributed by atoms with E-state index in [1.54, 1.807) is 67.6 Å². The second-order valence-electron chi connectivity index (χ2n) is 9.86. The Bertz CT molecular complexity index is 1430. The Morgan fingerprint density at radius 1 is 0.951 bits per heavy atom. The second-order valence-corrected chi connectivity index (χ2v) is 12.1. The van der Waals surface area contributed by atoms with Crippen LogP contribution in [0.2, 0.25) is 5.02 Å². The largest absolute Gasteiger partial charge is 0.494 e. The smallest absolute Gasteiger partial charge is 0.264 e. The fourth-order valence-corrected chi connectivity index (χ4v) is 5.71. The molecule has 8 nitrogen and oxygen atoms in total. The van der Waals surface area contributed by atoms with Gasteiger partial charge in [0.25, 0.3) is 10.0 Å². The van der Waals surface area contributed by atoms with Crippen LogP contribution < -0.4 is 14.4 Å². The molecule has 0 heterocycles. The van der Waals surface area contributed by atoms with Crippen molar-refractivity contribution in [3.05, 3.63) is 88.9 Å². The molecule has 0 unspecified atom stereocenters. The molecule has 0 aliphatic rings. The molecule has 41 heavy (non-hydrogen) atoms. The summed E-state index contributed by atoms with van der Waals surface area (Å²) in [5.41, 5.74) is 1.83. The van der Waals surface area contributed by atoms with Crippen LogP contribution in [0.15, 0.2) is 77.7 Å². The maximum atomic E-state index is 14.0. The number of sulfonamides is 1. The Labute approximate surface area is 248 Å². The van der Waals surface area contributed by atoms with Crippen molar-refractivity contribution in [1.29, 1.82) is 0 Å². The summed E-state index contributed by atoms with van der Waals surface area (Å²) in [4.78, 5) is 28.6. The number of anilines is 1. The van der Waals surface area contributed by atoms with Crippen molar-refractivity contribution < 1.29 is 22.7 Å². The minimum absolute atomic E-state index is 0.0231. The number of amides is 2. The van der Waals surface area contributed by atoms with Crippen molar-refractivity contribution in [2.75, 3.05) is 17.5 Å². The fourth-order valence-electron chi connectivity index (χ4n) is 4.10. The summed E-state index contributed by atoms with van der Waals surface area (Å²) >= 11 is 6.41. The van der Waals surface area contributed by atoms with E-state index in [0.29, 0.717) is 22.9 Å². The van der Waals surface area contributed by atoms with E-state index in [4.69, 9.17) is 16.3 Å². The topological polar surface area (TPSA) is 96.0 Å². The molecule has 0 fully saturated rings. The Morgan fingerprint density at radius 3 is 2.17 bits per heavy atom. The summed E-state index contributed by atoms with van der Waals surface area (Å²) in [6.45, 7) is 9.12. The molecule has 3 aromatic rings. The molecule has 1 N–H and O–H groups in total. The minimum Gasteiger partial charge on any atom is -0.494 e. The van der Waals surface area contributed by atoms with Gasteiger partial charge < -0.3 is 15.0 Å². The van der Waals surface area contributed by atoms with Gasteiger partial charge >= 0.3 is 0 Å². The third-order valence-electron chi connectivity index (χ3n) is 6.79. The Morgan fingerprint density at radius 2 is 1.59 bits per heavy atom. The molecule has 3 aromatic carbocycles. The molecule has 0 saturated heterocycles. The van der Waals surface area contributed by atoms with E-state index in [2.05, 4.69) is 5.32 Å². The van der Waals surface area contributed by atoms with Gasteiger partial charge in [0.05, 0.1) is 17.2 Å². The summed E-state index contributed by atoms with van der Waals surface area (Å²) < 4.78 is 34.5. The molecule has 10 heteroatoms. The van der Waals surface area contributed by atoms with Crippen molar-refractivity contribution in [1.82, 2.24) is 10.2 Å². The van der Waals surface area contributed by atoms with Crippen LogP contribution in [0.1, 0.15) is 45.2 Å². The van der Waals surface area contributed by atoms with E-state index in [0.717, 1.165) is 16.3 Å². The van der Waals surface area contributed by atoms with Gasteiger partial charge in [-0.15, -0.1) is 0 Å². The lowest BCUT2D eigenvalue weighted by Crippen LogP contribution is -2.52. The van der Waals surface area contributed by atoms with Crippen LogP contribution in [-0.4, -0.2) is 50.4 Å². The number of rotatable bonds is 13. The Balaban J connectivity index is 2.04. The van der Waals surface area contributed by atoms with E-state index in [1.165, 1.54) is 17.0 Å². The lowest BCUT2D eigenvalue weighted by atomic mass is 10.1. The van der Waals surface area contributed by atoms with Gasteiger partial charge in [-0.3, -0.25) is 13.9 Å². The average molecular weight is 600 g/mol. The predicted octanol–water partition coefficient (Wildman–Crippen LogP) is 5.57. The first-order chi connectivity index (χ1) is 19.5. The van der Waals surface area contributed by atoms with Crippen molar-refractivity contribution in [2.24, 2.45) is 0 Å². The van der Waals surface area contributed by atoms with Crippen molar-refractivity contribution in [3.63, 3.8) is 0 Å². The number of nitrogens with zero attached hydrogens (tertiary/aromatic N) is 2. The highest BCUT2D eigenvalue weighted by molar-refractivity contribution is 7.92. The van der Waals surface area contributed by atoms with E-state index in [1.807, 2.05) is 27.7 Å². The normalized spacial score (nSPS) is 12.7. The van der Waals surface area contributed by atoms with Gasteiger partial charge in [0.2, 0.25) is 11.8 Å². The van der Waals surface area contributed by atoms with Crippen LogP contribution in [0.5, 0.6) is 5.75 Å². The van der Waals surface area contributed by atoms with Gasteiger partial charge in [-0.25, -0.2) is 8.42 Å². The summed E-state index contributed by atoms with van der Waals surface area (Å²) in [7, 11) is -4.16. The SMILES string of the molecule is CCOc1ccc(N(CC(=O)N(Cc2ccccc2Cl)[C@@H](C)C(=O)N[C@@H](C)CC)S(=O)(=O)c2ccc(C)cc2)cc1. The number of carbonyl (C=O) groups is 2. The molecule has 0 aliphatic carbocycles. The van der Waals surface area contributed by atoms with Gasteiger partial charge in [0, 0.05) is 17.6 Å². The summed E-state index contributed by atoms with van der Waals surface area (Å²) in [5, 5.41) is 3.36. The second kappa shape index (κ2) is 14.4. The molecule has 0 bridgehead atoms. The Kier molecular flexibility index (Phi) is 11.2. The Hall–Kier alpha value is -3.56. The highest BCUT2D eigenvalue weighted by Crippen LogP contribution is 2.27. The number of hydrogen-bond donors (Lipinski definition) is 1. The molecule has 0 radical (unpaired) electrons. The number of ether oxygens (including phenoxy) is 1. The van der Waals surface area contributed by atoms with E-state index >= 15 is 0 Å². The zero-order chi connectivity index (χ0) is 30.2. The maximum Gasteiger partial charge on any atom is 0.264 e. The van der Waals surface area contributed by atoms with Crippen LogP contribution >= 0.6 is 11.6 Å². The van der Waals surface area contributed by atoms with Gasteiger partial charge in [0.1, 0.15) is 18.3 Å². The molecule has 0 saturated carbocycles. The van der Waals surface area contributed by atoms with Crippen LogP contribution in [0.4, 0.5) is 5.69 Å². The molecule has 0 aliphatic heterocycles. The van der Waals surface area contributed by atoms with Crippen molar-refractivity contribution in [3.8, 4) is 5.75 Å². The summed E-state index contributed by atoms with van der Waals surface area (Å²) in [6, 6.07) is 19.0. The van der Waals surface area contributed by atoms with E-state index in [9.17, 15) is 18.0 Å². The fraction of sp³-hybridized carbons (Fsp3) is 0.355. The quantitative estimate of drug-likeness (QED) is 0.277. The molecule has 3 rings (SSSR count). The molecule has 2 atom stereocenters. The third kappa shape index (κ3) is 8.24. The molecule has 2 amide bonds. The van der Waals surface area contributed by atoms with Gasteiger partial charge in [0.15, 0.2) is 0 Å². The number of carbonyl (C=O) groups excluding carboxylic acids is 2. The van der Waals surface area contributed by atoms with Crippen molar-refractivity contribution in [2.45, 2.75) is 64.6 Å². The molecule has 0 aromatic heterocycles. The maximum absolute atomic E-state index is 14.0. The first-order valence-corrected chi connectivity index (χ1v) is 15.4. The zero-order valence-corrected chi connectivity index (χ0v) is 25.7. The number of hydrogen-bond acceptors (Lipinski definition) is 5. The number of aryl methyl sites for hydroxylation is 1. The number of benzene rings is 3. The molecule has 0 spiro atoms. The highest BCUT2D eigenvalue weighted by Gasteiger charge is 2.33. The van der Waals surface area contributed by atoms with E-state index < -0.39 is 28.5 Å². The molecule has 220 valence electrons. The molecular weight excluding hydrogens is 562 g/mol. The third-order valence-corrected chi connectivity index (χ3v) is 8.95. The standard InChI is InChI=1S/C31H38ClN3O5S/c1-6-23(4)33-31(37)24(5)34(20-25-10-8-9-11-29(25)32)30(36)21-35(26-14-16-27(17-15-26)40-7-2)41(38,39)28-18-12-22(3)13-19-28/h8-19,23-24H,6-7,20-21H2,1-5H3,(H,33,37)/t23-,24-/m0/s1. The zero-order valence-electron chi connectivity index (χ0n) is 24.1. The highest BCUT2D eigenvalue weighted by atomic mass is 35.5. The first-order valence-electron chi connectivity index (χ1n) is 13.6. The lowest BCUT2D eigenvalue weighted by molar-refractivity contribution is -0.139. The van der Waals surface area contributed by atoms with Gasteiger partial charge in [-0.2, -0.15) is 0 Å². The minimum atomic E-state index is -4.16. The average Bonchev–Trinajstić information content (AvgIpc) is 2.95. The predicted molar refractivity (Wildman–Crippen MR) is 163 cm³/mol. The monoisotopic (exact) mass is 599 g/mol. The summed E-state index contributed by atoms with van der Waals surface area (Å²) in [5.74, 6) is -0.319. The van der Waals surface area contributed by atoms with Crippen molar-refractivity contribution >= 4 is 39.1 Å². The summed E-state index contributed by atoms with van der Waals surface area (Å²) in [6.07, 6.45) is 0.719. The van der Waals surface area contributed by atoms with Crippen LogP contribution in [0.25, 0.3) is 0 Å². The first kappa shape index (κ1) is 32.0. The van der Waals surface area contributed by atoms with Crippen LogP contribution in [0.3, 0.4) is 0 Å². The number of halogens is 1. The van der Waals surface area contributed by atoms with Crippen LogP contribution in [0, 0.1) is 6.92 Å². The van der Waals surface area contributed by atoms with Crippen LogP contribution in [-0.2, 0) is 26.2 Å². The van der Waals surface area contributed by atoms with Gasteiger partial charge in [-0.1, -0.05) is 54.4 Å². The number of nitrogens with one attached hydrogen (secondary N) is 1.